The molecule has 0 saturated carbocycles. The molecule has 0 aliphatic carbocycles. The maximum Gasteiger partial charge on any atom is 0.329 e. The Labute approximate surface area is 149 Å². The third kappa shape index (κ3) is 3.56. The third-order valence-corrected chi connectivity index (χ3v) is 5.43. The van der Waals surface area contributed by atoms with E-state index in [-0.39, 0.29) is 30.2 Å². The number of benzene rings is 1. The molecule has 2 amide bonds. The molecular formula is C16H20N4O5S. The lowest BCUT2D eigenvalue weighted by Gasteiger charge is -2.21. The number of primary sulfonamides is 1. The van der Waals surface area contributed by atoms with Gasteiger partial charge in [-0.25, -0.2) is 18.4 Å². The van der Waals surface area contributed by atoms with Gasteiger partial charge in [0, 0.05) is 13.5 Å². The van der Waals surface area contributed by atoms with Crippen LogP contribution in [0.25, 0.3) is 11.0 Å². The predicted octanol–water partition coefficient (Wildman–Crippen LogP) is -0.461. The highest BCUT2D eigenvalue weighted by Gasteiger charge is 2.31. The van der Waals surface area contributed by atoms with Crippen molar-refractivity contribution in [1.82, 2.24) is 14.5 Å². The Morgan fingerprint density at radius 2 is 1.96 bits per heavy atom. The Balaban J connectivity index is 1.94. The highest BCUT2D eigenvalue weighted by Crippen LogP contribution is 2.24. The molecule has 3 rings (SSSR count). The largest absolute Gasteiger partial charge is 0.329 e. The number of aromatic nitrogens is 2. The number of nitrogens with two attached hydrogens (primary N) is 1. The summed E-state index contributed by atoms with van der Waals surface area (Å²) >= 11 is 0. The van der Waals surface area contributed by atoms with Crippen LogP contribution in [0.1, 0.15) is 30.9 Å². The van der Waals surface area contributed by atoms with Crippen molar-refractivity contribution in [2.24, 2.45) is 12.2 Å². The quantitative estimate of drug-likeness (QED) is 0.677. The lowest BCUT2D eigenvalue weighted by molar-refractivity contribution is -0.135. The number of sulfonamides is 1. The molecule has 0 radical (unpaired) electrons. The molecule has 2 aromatic rings. The first-order chi connectivity index (χ1) is 12.2. The molecule has 1 atom stereocenters. The van der Waals surface area contributed by atoms with Crippen LogP contribution in [0.2, 0.25) is 0 Å². The number of rotatable bonds is 5. The number of carbonyl (C=O) groups excluding carboxylic acids is 2. The Kier molecular flexibility index (Phi) is 4.72. The number of carbonyl (C=O) groups is 2. The second-order valence-corrected chi connectivity index (χ2v) is 8.21. The van der Waals surface area contributed by atoms with E-state index in [0.717, 1.165) is 5.56 Å². The molecule has 0 bridgehead atoms. The normalized spacial score (nSPS) is 18.3. The summed E-state index contributed by atoms with van der Waals surface area (Å²) in [4.78, 5) is 36.1. The van der Waals surface area contributed by atoms with Crippen LogP contribution in [0.3, 0.4) is 0 Å². The molecule has 1 fully saturated rings. The predicted molar refractivity (Wildman–Crippen MR) is 94.9 cm³/mol. The second-order valence-electron chi connectivity index (χ2n) is 6.47. The zero-order chi connectivity index (χ0) is 19.1. The van der Waals surface area contributed by atoms with E-state index in [2.05, 4.69) is 5.32 Å². The van der Waals surface area contributed by atoms with Crippen LogP contribution in [-0.4, -0.2) is 35.1 Å². The zero-order valence-electron chi connectivity index (χ0n) is 14.3. The van der Waals surface area contributed by atoms with Crippen molar-refractivity contribution < 1.29 is 18.0 Å². The van der Waals surface area contributed by atoms with Crippen LogP contribution in [0.15, 0.2) is 23.0 Å². The summed E-state index contributed by atoms with van der Waals surface area (Å²) in [5.74, 6) is -0.925. The van der Waals surface area contributed by atoms with E-state index in [1.165, 1.54) is 9.13 Å². The highest BCUT2D eigenvalue weighted by atomic mass is 32.2. The average molecular weight is 380 g/mol. The van der Waals surface area contributed by atoms with Crippen LogP contribution >= 0.6 is 0 Å². The fourth-order valence-electron chi connectivity index (χ4n) is 3.27. The van der Waals surface area contributed by atoms with Crippen molar-refractivity contribution in [2.45, 2.75) is 31.7 Å². The molecule has 1 aromatic carbocycles. The fourth-order valence-corrected chi connectivity index (χ4v) is 3.82. The van der Waals surface area contributed by atoms with Gasteiger partial charge in [-0.1, -0.05) is 6.07 Å². The molecular weight excluding hydrogens is 360 g/mol. The van der Waals surface area contributed by atoms with Crippen molar-refractivity contribution in [3.63, 3.8) is 0 Å². The van der Waals surface area contributed by atoms with Gasteiger partial charge in [0.2, 0.25) is 21.8 Å². The van der Waals surface area contributed by atoms with E-state index in [4.69, 9.17) is 5.14 Å². The summed E-state index contributed by atoms with van der Waals surface area (Å²) < 4.78 is 24.9. The molecule has 1 unspecified atom stereocenters. The number of hydrogen-bond donors (Lipinski definition) is 2. The Hall–Kier alpha value is -2.46. The number of amides is 2. The van der Waals surface area contributed by atoms with Gasteiger partial charge in [0.1, 0.15) is 6.04 Å². The number of nitrogens with one attached hydrogen (secondary N) is 1. The van der Waals surface area contributed by atoms with E-state index in [9.17, 15) is 22.8 Å². The first-order valence-corrected chi connectivity index (χ1v) is 9.93. The van der Waals surface area contributed by atoms with Crippen LogP contribution in [0, 0.1) is 0 Å². The molecule has 3 N–H and O–H groups in total. The summed E-state index contributed by atoms with van der Waals surface area (Å²) in [5, 5.41) is 7.27. The third-order valence-electron chi connectivity index (χ3n) is 4.57. The summed E-state index contributed by atoms with van der Waals surface area (Å²) in [6, 6.07) is 4.62. The molecule has 2 heterocycles. The minimum atomic E-state index is -3.50. The van der Waals surface area contributed by atoms with E-state index in [0.29, 0.717) is 23.9 Å². The zero-order valence-corrected chi connectivity index (χ0v) is 15.1. The van der Waals surface area contributed by atoms with Gasteiger partial charge in [0.25, 0.3) is 0 Å². The number of fused-ring (bicyclic) bond motifs is 1. The number of hydrogen-bond acceptors (Lipinski definition) is 5. The van der Waals surface area contributed by atoms with E-state index >= 15 is 0 Å². The Morgan fingerprint density at radius 3 is 2.62 bits per heavy atom. The highest BCUT2D eigenvalue weighted by molar-refractivity contribution is 7.89. The molecule has 0 spiro atoms. The number of imidazole rings is 1. The molecule has 140 valence electrons. The van der Waals surface area contributed by atoms with E-state index < -0.39 is 22.0 Å². The molecule has 1 aromatic heterocycles. The van der Waals surface area contributed by atoms with Crippen molar-refractivity contribution in [2.75, 3.05) is 5.75 Å². The van der Waals surface area contributed by atoms with Crippen LogP contribution in [0.5, 0.6) is 0 Å². The van der Waals surface area contributed by atoms with Gasteiger partial charge in [0.05, 0.1) is 16.8 Å². The molecule has 26 heavy (non-hydrogen) atoms. The van der Waals surface area contributed by atoms with Crippen molar-refractivity contribution in [3.05, 3.63) is 34.2 Å². The SMILES string of the molecule is Cn1c(=O)n(C2CCC(=O)NC2=O)c2ccc(CCCS(N)(=O)=O)cc21. The standard InChI is InChI=1S/C16H20N4O5S/c1-19-13-9-10(3-2-8-26(17,24)25)4-5-11(13)20(16(19)23)12-6-7-14(21)18-15(12)22/h4-5,9,12H,2-3,6-8H2,1H3,(H2,17,24,25)(H,18,21,22). The van der Waals surface area contributed by atoms with Crippen LogP contribution < -0.4 is 16.1 Å². The number of nitrogens with zero attached hydrogens (tertiary/aromatic N) is 2. The average Bonchev–Trinajstić information content (AvgIpc) is 2.78. The van der Waals surface area contributed by atoms with Crippen molar-refractivity contribution >= 4 is 32.9 Å². The van der Waals surface area contributed by atoms with Crippen LogP contribution in [0.4, 0.5) is 0 Å². The molecule has 1 aliphatic rings. The fraction of sp³-hybridized carbons (Fsp3) is 0.438. The molecule has 10 heteroatoms. The Bertz CT molecular complexity index is 1050. The number of piperidine rings is 1. The lowest BCUT2D eigenvalue weighted by Crippen LogP contribution is -2.44. The summed E-state index contributed by atoms with van der Waals surface area (Å²) in [5.41, 5.74) is 1.78. The topological polar surface area (TPSA) is 133 Å². The lowest BCUT2D eigenvalue weighted by atomic mass is 10.1. The monoisotopic (exact) mass is 380 g/mol. The second kappa shape index (κ2) is 6.69. The van der Waals surface area contributed by atoms with Gasteiger partial charge in [-0.05, 0) is 37.0 Å². The summed E-state index contributed by atoms with van der Waals surface area (Å²) in [6.45, 7) is 0. The first kappa shape index (κ1) is 18.3. The van der Waals surface area contributed by atoms with Gasteiger partial charge in [-0.15, -0.1) is 0 Å². The van der Waals surface area contributed by atoms with Gasteiger partial charge >= 0.3 is 5.69 Å². The van der Waals surface area contributed by atoms with E-state index in [1.807, 2.05) is 6.07 Å². The smallest absolute Gasteiger partial charge is 0.295 e. The van der Waals surface area contributed by atoms with Gasteiger partial charge in [-0.3, -0.25) is 24.0 Å². The van der Waals surface area contributed by atoms with Gasteiger partial charge in [0.15, 0.2) is 0 Å². The molecule has 9 nitrogen and oxygen atoms in total. The number of aryl methyl sites for hydroxylation is 2. The summed E-state index contributed by atoms with van der Waals surface area (Å²) in [6.07, 6.45) is 1.35. The Morgan fingerprint density at radius 1 is 1.23 bits per heavy atom. The summed E-state index contributed by atoms with van der Waals surface area (Å²) in [7, 11) is -1.89. The first-order valence-electron chi connectivity index (χ1n) is 8.21. The van der Waals surface area contributed by atoms with Crippen molar-refractivity contribution in [3.8, 4) is 0 Å². The van der Waals surface area contributed by atoms with Gasteiger partial charge < -0.3 is 0 Å². The maximum atomic E-state index is 12.6. The van der Waals surface area contributed by atoms with Gasteiger partial charge in [-0.2, -0.15) is 0 Å². The van der Waals surface area contributed by atoms with E-state index in [1.54, 1.807) is 19.2 Å². The van der Waals surface area contributed by atoms with Crippen molar-refractivity contribution in [1.29, 1.82) is 0 Å². The maximum absolute atomic E-state index is 12.6. The molecule has 1 saturated heterocycles. The minimum absolute atomic E-state index is 0.110. The van der Waals surface area contributed by atoms with Crippen LogP contribution in [-0.2, 0) is 33.1 Å². The number of imide groups is 1. The molecule has 1 aliphatic heterocycles. The minimum Gasteiger partial charge on any atom is -0.295 e.